The number of non-ortho nitro benzene ring substituents is 1. The molecule has 0 heterocycles. The Kier molecular flexibility index (Phi) is 5.31. The minimum Gasteiger partial charge on any atom is -0.497 e. The summed E-state index contributed by atoms with van der Waals surface area (Å²) in [4.78, 5) is 22.3. The zero-order valence-electron chi connectivity index (χ0n) is 13.7. The number of carbonyl (C=O) groups excluding carboxylic acids is 1. The fraction of sp³-hybridized carbons (Fsp3) is 0.167. The Labute approximate surface area is 139 Å². The van der Waals surface area contributed by atoms with Crippen LogP contribution in [0.4, 0.5) is 11.4 Å². The summed E-state index contributed by atoms with van der Waals surface area (Å²) in [5, 5.41) is 13.4. The molecular formula is C18H18N2O4. The first kappa shape index (κ1) is 17.2. The summed E-state index contributed by atoms with van der Waals surface area (Å²) in [5.74, 6) is 0.410. The van der Waals surface area contributed by atoms with Crippen molar-refractivity contribution in [2.75, 3.05) is 12.4 Å². The van der Waals surface area contributed by atoms with Crippen molar-refractivity contribution < 1.29 is 14.5 Å². The number of nitro benzene ring substituents is 1. The number of amides is 1. The molecule has 1 N–H and O–H groups in total. The van der Waals surface area contributed by atoms with Crippen LogP contribution in [0.15, 0.2) is 42.5 Å². The van der Waals surface area contributed by atoms with Crippen LogP contribution in [0.3, 0.4) is 0 Å². The highest BCUT2D eigenvalue weighted by atomic mass is 16.6. The molecule has 0 aliphatic carbocycles. The molecule has 0 radical (unpaired) electrons. The van der Waals surface area contributed by atoms with Gasteiger partial charge in [-0.25, -0.2) is 0 Å². The molecule has 0 aromatic heterocycles. The van der Waals surface area contributed by atoms with Crippen molar-refractivity contribution in [3.8, 4) is 5.75 Å². The number of benzene rings is 2. The molecule has 0 saturated carbocycles. The Hall–Kier alpha value is -3.15. The number of nitrogens with one attached hydrogen (secondary N) is 1. The maximum Gasteiger partial charge on any atom is 0.271 e. The number of nitrogens with zero attached hydrogens (tertiary/aromatic N) is 1. The van der Waals surface area contributed by atoms with E-state index in [1.807, 2.05) is 26.0 Å². The lowest BCUT2D eigenvalue weighted by atomic mass is 10.0. The third kappa shape index (κ3) is 4.19. The molecule has 0 saturated heterocycles. The van der Waals surface area contributed by atoms with Crippen LogP contribution in [0.25, 0.3) is 6.08 Å². The Balaban J connectivity index is 2.14. The van der Waals surface area contributed by atoms with Crippen LogP contribution in [0.1, 0.15) is 16.7 Å². The van der Waals surface area contributed by atoms with Gasteiger partial charge >= 0.3 is 0 Å². The number of anilines is 1. The molecule has 2 aromatic carbocycles. The molecule has 6 nitrogen and oxygen atoms in total. The number of hydrogen-bond donors (Lipinski definition) is 1. The van der Waals surface area contributed by atoms with Gasteiger partial charge in [0.05, 0.1) is 12.0 Å². The molecule has 6 heteroatoms. The van der Waals surface area contributed by atoms with Gasteiger partial charge in [0.1, 0.15) is 5.75 Å². The minimum atomic E-state index is -0.504. The Bertz CT molecular complexity index is 789. The van der Waals surface area contributed by atoms with Gasteiger partial charge in [-0.1, -0.05) is 6.07 Å². The van der Waals surface area contributed by atoms with Crippen molar-refractivity contribution in [2.24, 2.45) is 0 Å². The molecule has 0 bridgehead atoms. The molecule has 0 unspecified atom stereocenters. The lowest BCUT2D eigenvalue weighted by Gasteiger charge is -2.08. The molecule has 0 aliphatic heterocycles. The lowest BCUT2D eigenvalue weighted by molar-refractivity contribution is -0.384. The highest BCUT2D eigenvalue weighted by Crippen LogP contribution is 2.23. The van der Waals surface area contributed by atoms with E-state index in [9.17, 15) is 14.9 Å². The highest BCUT2D eigenvalue weighted by Gasteiger charge is 2.07. The number of nitro groups is 1. The summed E-state index contributed by atoms with van der Waals surface area (Å²) < 4.78 is 5.21. The first-order valence-electron chi connectivity index (χ1n) is 7.29. The first-order chi connectivity index (χ1) is 11.4. The topological polar surface area (TPSA) is 81.5 Å². The maximum absolute atomic E-state index is 12.0. The predicted molar refractivity (Wildman–Crippen MR) is 93.2 cm³/mol. The van der Waals surface area contributed by atoms with Gasteiger partial charge < -0.3 is 10.1 Å². The second-order valence-corrected chi connectivity index (χ2v) is 5.30. The van der Waals surface area contributed by atoms with Crippen molar-refractivity contribution in [1.29, 1.82) is 0 Å². The molecule has 2 rings (SSSR count). The summed E-state index contributed by atoms with van der Waals surface area (Å²) in [7, 11) is 1.61. The summed E-state index contributed by atoms with van der Waals surface area (Å²) in [6, 6.07) is 9.60. The van der Waals surface area contributed by atoms with E-state index in [2.05, 4.69) is 5.32 Å². The minimum absolute atomic E-state index is 0.0707. The molecule has 24 heavy (non-hydrogen) atoms. The van der Waals surface area contributed by atoms with E-state index in [0.29, 0.717) is 5.69 Å². The van der Waals surface area contributed by atoms with Crippen molar-refractivity contribution in [2.45, 2.75) is 13.8 Å². The number of hydrogen-bond acceptors (Lipinski definition) is 4. The van der Waals surface area contributed by atoms with Crippen LogP contribution in [0.2, 0.25) is 0 Å². The van der Waals surface area contributed by atoms with E-state index >= 15 is 0 Å². The van der Waals surface area contributed by atoms with Crippen LogP contribution < -0.4 is 10.1 Å². The summed E-state index contributed by atoms with van der Waals surface area (Å²) >= 11 is 0. The summed E-state index contributed by atoms with van der Waals surface area (Å²) in [6.07, 6.45) is 3.12. The average molecular weight is 326 g/mol. The Morgan fingerprint density at radius 2 is 1.88 bits per heavy atom. The Morgan fingerprint density at radius 3 is 2.46 bits per heavy atom. The van der Waals surface area contributed by atoms with Gasteiger partial charge in [0.15, 0.2) is 0 Å². The van der Waals surface area contributed by atoms with Crippen molar-refractivity contribution in [1.82, 2.24) is 0 Å². The molecule has 0 fully saturated rings. The number of rotatable bonds is 5. The maximum atomic E-state index is 12.0. The van der Waals surface area contributed by atoms with E-state index in [1.54, 1.807) is 19.3 Å². The summed E-state index contributed by atoms with van der Waals surface area (Å²) in [5.41, 5.74) is 3.23. The Morgan fingerprint density at radius 1 is 1.21 bits per heavy atom. The van der Waals surface area contributed by atoms with Gasteiger partial charge in [-0.3, -0.25) is 14.9 Å². The van der Waals surface area contributed by atoms with E-state index in [-0.39, 0.29) is 11.6 Å². The van der Waals surface area contributed by atoms with Crippen LogP contribution in [0.5, 0.6) is 5.75 Å². The molecule has 124 valence electrons. The second kappa shape index (κ2) is 7.41. The molecular weight excluding hydrogens is 308 g/mol. The lowest BCUT2D eigenvalue weighted by Crippen LogP contribution is -2.08. The average Bonchev–Trinajstić information content (AvgIpc) is 2.54. The van der Waals surface area contributed by atoms with Crippen molar-refractivity contribution >= 4 is 23.4 Å². The normalized spacial score (nSPS) is 10.6. The molecule has 1 amide bonds. The monoisotopic (exact) mass is 326 g/mol. The molecule has 2 aromatic rings. The third-order valence-electron chi connectivity index (χ3n) is 3.53. The van der Waals surface area contributed by atoms with E-state index in [4.69, 9.17) is 4.74 Å². The largest absolute Gasteiger partial charge is 0.497 e. The third-order valence-corrected chi connectivity index (χ3v) is 3.53. The van der Waals surface area contributed by atoms with Gasteiger partial charge in [0, 0.05) is 23.9 Å². The zero-order valence-corrected chi connectivity index (χ0v) is 13.7. The van der Waals surface area contributed by atoms with Crippen molar-refractivity contribution in [3.05, 3.63) is 69.3 Å². The number of methoxy groups -OCH3 is 1. The SMILES string of the molecule is COc1cc(C)c(/C=C/C(=O)Nc2cccc([N+](=O)[O-])c2)c(C)c1. The quantitative estimate of drug-likeness (QED) is 0.514. The summed E-state index contributed by atoms with van der Waals surface area (Å²) in [6.45, 7) is 3.88. The zero-order chi connectivity index (χ0) is 17.7. The van der Waals surface area contributed by atoms with Crippen LogP contribution in [0, 0.1) is 24.0 Å². The van der Waals surface area contributed by atoms with E-state index < -0.39 is 4.92 Å². The standard InChI is InChI=1S/C18H18N2O4/c1-12-9-16(24-3)10-13(2)17(12)7-8-18(21)19-14-5-4-6-15(11-14)20(22)23/h4-11H,1-3H3,(H,19,21)/b8-7+. The van der Waals surface area contributed by atoms with Crippen LogP contribution in [-0.4, -0.2) is 17.9 Å². The van der Waals surface area contributed by atoms with Crippen LogP contribution in [-0.2, 0) is 4.79 Å². The number of aryl methyl sites for hydroxylation is 2. The van der Waals surface area contributed by atoms with Crippen molar-refractivity contribution in [3.63, 3.8) is 0 Å². The van der Waals surface area contributed by atoms with Gasteiger partial charge in [-0.15, -0.1) is 0 Å². The fourth-order valence-electron chi connectivity index (χ4n) is 2.36. The molecule has 0 atom stereocenters. The van der Waals surface area contributed by atoms with Gasteiger partial charge in [0.25, 0.3) is 5.69 Å². The van der Waals surface area contributed by atoms with E-state index in [1.165, 1.54) is 24.3 Å². The predicted octanol–water partition coefficient (Wildman–Crippen LogP) is 3.87. The smallest absolute Gasteiger partial charge is 0.271 e. The van der Waals surface area contributed by atoms with Gasteiger partial charge in [-0.05, 0) is 54.8 Å². The molecule has 0 aliphatic rings. The highest BCUT2D eigenvalue weighted by molar-refractivity contribution is 6.02. The fourth-order valence-corrected chi connectivity index (χ4v) is 2.36. The van der Waals surface area contributed by atoms with Gasteiger partial charge in [-0.2, -0.15) is 0 Å². The molecule has 0 spiro atoms. The first-order valence-corrected chi connectivity index (χ1v) is 7.29. The van der Waals surface area contributed by atoms with Gasteiger partial charge in [0.2, 0.25) is 5.91 Å². The number of ether oxygens (including phenoxy) is 1. The van der Waals surface area contributed by atoms with Crippen LogP contribution >= 0.6 is 0 Å². The second-order valence-electron chi connectivity index (χ2n) is 5.30. The van der Waals surface area contributed by atoms with E-state index in [0.717, 1.165) is 22.4 Å². The number of carbonyl (C=O) groups is 1.